The Hall–Kier alpha value is -3.52. The fraction of sp³-hybridized carbons (Fsp3) is 0.115. The number of rotatable bonds is 5. The van der Waals surface area contributed by atoms with Crippen LogP contribution in [-0.2, 0) is 17.5 Å². The molecule has 0 bridgehead atoms. The van der Waals surface area contributed by atoms with Crippen LogP contribution in [0.3, 0.4) is 0 Å². The first-order valence-electron chi connectivity index (χ1n) is 10.5. The highest BCUT2D eigenvalue weighted by molar-refractivity contribution is 9.10. The van der Waals surface area contributed by atoms with Crippen LogP contribution in [0.5, 0.6) is 5.75 Å². The molecule has 1 aliphatic rings. The molecule has 4 aromatic rings. The summed E-state index contributed by atoms with van der Waals surface area (Å²) in [6.45, 7) is 1.03. The van der Waals surface area contributed by atoms with Gasteiger partial charge in [0.1, 0.15) is 12.4 Å². The van der Waals surface area contributed by atoms with Crippen LogP contribution in [0.2, 0.25) is 0 Å². The fourth-order valence-corrected chi connectivity index (χ4v) is 4.41. The zero-order chi connectivity index (χ0) is 23.9. The number of nitrogens with one attached hydrogen (secondary N) is 1. The third kappa shape index (κ3) is 4.33. The average molecular weight is 527 g/mol. The molecule has 1 aliphatic heterocycles. The highest BCUT2D eigenvalue weighted by Crippen LogP contribution is 2.39. The lowest BCUT2D eigenvalue weighted by Gasteiger charge is -2.08. The van der Waals surface area contributed by atoms with Crippen molar-refractivity contribution in [2.75, 3.05) is 11.9 Å². The van der Waals surface area contributed by atoms with Gasteiger partial charge in [0.15, 0.2) is 0 Å². The third-order valence-electron chi connectivity index (χ3n) is 5.65. The number of benzene rings is 3. The van der Waals surface area contributed by atoms with Crippen LogP contribution in [0.4, 0.5) is 18.9 Å². The van der Waals surface area contributed by atoms with E-state index in [4.69, 9.17) is 4.74 Å². The Labute approximate surface area is 201 Å². The smallest absolute Gasteiger partial charge is 0.416 e. The summed E-state index contributed by atoms with van der Waals surface area (Å²) in [4.78, 5) is 12.6. The molecule has 5 rings (SSSR count). The van der Waals surface area contributed by atoms with Crippen molar-refractivity contribution in [3.63, 3.8) is 0 Å². The molecule has 0 atom stereocenters. The first-order valence-corrected chi connectivity index (χ1v) is 11.3. The van der Waals surface area contributed by atoms with E-state index in [2.05, 4.69) is 21.2 Å². The molecule has 8 heteroatoms. The van der Waals surface area contributed by atoms with E-state index in [1.165, 1.54) is 6.07 Å². The molecule has 1 amide bonds. The van der Waals surface area contributed by atoms with Gasteiger partial charge in [-0.15, -0.1) is 0 Å². The summed E-state index contributed by atoms with van der Waals surface area (Å²) in [5.74, 6) is 0.346. The quantitative estimate of drug-likeness (QED) is 0.284. The molecule has 0 unspecified atom stereocenters. The molecule has 3 aromatic carbocycles. The predicted octanol–water partition coefficient (Wildman–Crippen LogP) is 6.99. The Morgan fingerprint density at radius 2 is 1.82 bits per heavy atom. The van der Waals surface area contributed by atoms with Crippen LogP contribution in [0.1, 0.15) is 16.7 Å². The van der Waals surface area contributed by atoms with Crippen LogP contribution in [-0.4, -0.2) is 17.1 Å². The molecule has 0 fully saturated rings. The average Bonchev–Trinajstić information content (AvgIpc) is 3.30. The highest BCUT2D eigenvalue weighted by Gasteiger charge is 2.33. The lowest BCUT2D eigenvalue weighted by atomic mass is 10.0. The summed E-state index contributed by atoms with van der Waals surface area (Å²) in [5.41, 5.74) is 1.87. The van der Waals surface area contributed by atoms with E-state index in [0.717, 1.165) is 38.8 Å². The number of hydrogen-bond donors (Lipinski definition) is 1. The van der Waals surface area contributed by atoms with E-state index < -0.39 is 17.6 Å². The van der Waals surface area contributed by atoms with Crippen LogP contribution in [0, 0.1) is 0 Å². The van der Waals surface area contributed by atoms with Crippen molar-refractivity contribution >= 4 is 50.1 Å². The van der Waals surface area contributed by atoms with Crippen molar-refractivity contribution < 1.29 is 22.7 Å². The Balaban J connectivity index is 1.49. The number of nitrogens with zero attached hydrogens (tertiary/aromatic N) is 1. The molecule has 2 heterocycles. The van der Waals surface area contributed by atoms with Gasteiger partial charge in [-0.05, 0) is 48.5 Å². The lowest BCUT2D eigenvalue weighted by Crippen LogP contribution is -2.07. The summed E-state index contributed by atoms with van der Waals surface area (Å²) in [7, 11) is 0. The standard InChI is InChI=1S/C26H18BrF3N2O2/c27-18-7-9-24-21(14-18)16(15-32(24)10-11-34-19-4-2-1-3-5-19)12-22-20-8-6-17(26(28,29)30)13-23(20)31-25(22)33/h1-9,12-15H,10-11H2,(H,31,33)/b22-12+. The minimum absolute atomic E-state index is 0.159. The number of ether oxygens (including phenoxy) is 1. The Morgan fingerprint density at radius 3 is 2.59 bits per heavy atom. The van der Waals surface area contributed by atoms with Gasteiger partial charge in [-0.2, -0.15) is 13.2 Å². The van der Waals surface area contributed by atoms with Gasteiger partial charge in [-0.1, -0.05) is 40.2 Å². The molecule has 172 valence electrons. The summed E-state index contributed by atoms with van der Waals surface area (Å²) in [6.07, 6.45) is -0.834. The van der Waals surface area contributed by atoms with E-state index in [0.29, 0.717) is 24.3 Å². The van der Waals surface area contributed by atoms with Crippen molar-refractivity contribution in [3.05, 3.63) is 94.1 Å². The maximum atomic E-state index is 13.1. The van der Waals surface area contributed by atoms with Gasteiger partial charge in [0.2, 0.25) is 0 Å². The highest BCUT2D eigenvalue weighted by atomic mass is 79.9. The number of hydrogen-bond acceptors (Lipinski definition) is 2. The van der Waals surface area contributed by atoms with Crippen LogP contribution in [0.15, 0.2) is 77.4 Å². The largest absolute Gasteiger partial charge is 0.492 e. The van der Waals surface area contributed by atoms with E-state index in [9.17, 15) is 18.0 Å². The van der Waals surface area contributed by atoms with Crippen LogP contribution < -0.4 is 10.1 Å². The van der Waals surface area contributed by atoms with Gasteiger partial charge in [0.25, 0.3) is 5.91 Å². The predicted molar refractivity (Wildman–Crippen MR) is 130 cm³/mol. The number of aromatic nitrogens is 1. The third-order valence-corrected chi connectivity index (χ3v) is 6.14. The molecule has 1 N–H and O–H groups in total. The minimum Gasteiger partial charge on any atom is -0.492 e. The fourth-order valence-electron chi connectivity index (χ4n) is 4.05. The normalized spacial score (nSPS) is 14.5. The van der Waals surface area contributed by atoms with E-state index in [1.54, 1.807) is 6.08 Å². The van der Waals surface area contributed by atoms with Gasteiger partial charge in [0.05, 0.1) is 12.1 Å². The molecule has 0 saturated carbocycles. The van der Waals surface area contributed by atoms with E-state index >= 15 is 0 Å². The number of alkyl halides is 3. The number of anilines is 1. The minimum atomic E-state index is -4.48. The van der Waals surface area contributed by atoms with Crippen molar-refractivity contribution in [2.24, 2.45) is 0 Å². The topological polar surface area (TPSA) is 43.3 Å². The molecular formula is C26H18BrF3N2O2. The van der Waals surface area contributed by atoms with Gasteiger partial charge < -0.3 is 14.6 Å². The second-order valence-corrected chi connectivity index (χ2v) is 8.79. The summed E-state index contributed by atoms with van der Waals surface area (Å²) in [6, 6.07) is 18.7. The number of carbonyl (C=O) groups excluding carboxylic acids is 1. The molecule has 4 nitrogen and oxygen atoms in total. The summed E-state index contributed by atoms with van der Waals surface area (Å²) in [5, 5.41) is 3.47. The Morgan fingerprint density at radius 1 is 1.03 bits per heavy atom. The number of halogens is 4. The maximum absolute atomic E-state index is 13.1. The molecule has 0 radical (unpaired) electrons. The number of amides is 1. The van der Waals surface area contributed by atoms with Crippen LogP contribution in [0.25, 0.3) is 22.6 Å². The second-order valence-electron chi connectivity index (χ2n) is 7.87. The molecule has 0 aliphatic carbocycles. The van der Waals surface area contributed by atoms with Crippen LogP contribution >= 0.6 is 15.9 Å². The maximum Gasteiger partial charge on any atom is 0.416 e. The first-order chi connectivity index (χ1) is 16.3. The Bertz CT molecular complexity index is 1430. The summed E-state index contributed by atoms with van der Waals surface area (Å²) >= 11 is 3.50. The number of para-hydroxylation sites is 1. The summed E-state index contributed by atoms with van der Waals surface area (Å²) < 4.78 is 48.0. The number of carbonyl (C=O) groups is 1. The number of fused-ring (bicyclic) bond motifs is 2. The van der Waals surface area contributed by atoms with E-state index in [-0.39, 0.29) is 5.69 Å². The molecule has 34 heavy (non-hydrogen) atoms. The lowest BCUT2D eigenvalue weighted by molar-refractivity contribution is -0.137. The molecule has 1 aromatic heterocycles. The molecule has 0 saturated heterocycles. The molecule has 0 spiro atoms. The monoisotopic (exact) mass is 526 g/mol. The SMILES string of the molecule is O=C1Nc2cc(C(F)(F)F)ccc2/C1=C\c1cn(CCOc2ccccc2)c2ccc(Br)cc12. The van der Waals surface area contributed by atoms with Gasteiger partial charge in [0, 0.05) is 44.0 Å². The van der Waals surface area contributed by atoms with Crippen molar-refractivity contribution in [2.45, 2.75) is 12.7 Å². The first kappa shape index (κ1) is 22.3. The zero-order valence-corrected chi connectivity index (χ0v) is 19.3. The van der Waals surface area contributed by atoms with E-state index in [1.807, 2.05) is 59.3 Å². The van der Waals surface area contributed by atoms with Crippen molar-refractivity contribution in [1.29, 1.82) is 0 Å². The Kier molecular flexibility index (Phi) is 5.69. The second kappa shape index (κ2) is 8.68. The van der Waals surface area contributed by atoms with Crippen molar-refractivity contribution in [1.82, 2.24) is 4.57 Å². The van der Waals surface area contributed by atoms with Gasteiger partial charge in [-0.3, -0.25) is 4.79 Å². The molecular weight excluding hydrogens is 509 g/mol. The van der Waals surface area contributed by atoms with Crippen molar-refractivity contribution in [3.8, 4) is 5.75 Å². The zero-order valence-electron chi connectivity index (χ0n) is 17.7. The van der Waals surface area contributed by atoms with Gasteiger partial charge >= 0.3 is 6.18 Å². The van der Waals surface area contributed by atoms with Gasteiger partial charge in [-0.25, -0.2) is 0 Å².